The van der Waals surface area contributed by atoms with E-state index in [9.17, 15) is 13.2 Å². The molecule has 0 fully saturated rings. The molecule has 2 rings (SSSR count). The zero-order valence-corrected chi connectivity index (χ0v) is 10.7. The van der Waals surface area contributed by atoms with Crippen LogP contribution in [0.15, 0.2) is 0 Å². The summed E-state index contributed by atoms with van der Waals surface area (Å²) in [4.78, 5) is 2.17. The lowest BCUT2D eigenvalue weighted by molar-refractivity contribution is -0.148. The van der Waals surface area contributed by atoms with Gasteiger partial charge >= 0.3 is 6.18 Å². The second-order valence-electron chi connectivity index (χ2n) is 4.79. The smallest absolute Gasteiger partial charge is 0.305 e. The Morgan fingerprint density at radius 2 is 1.94 bits per heavy atom. The van der Waals surface area contributed by atoms with Gasteiger partial charge in [0, 0.05) is 19.1 Å². The third kappa shape index (κ3) is 2.11. The molecule has 0 amide bonds. The normalized spacial score (nSPS) is 21.4. The average molecular weight is 262 g/mol. The lowest BCUT2D eigenvalue weighted by Crippen LogP contribution is -2.42. The summed E-state index contributed by atoms with van der Waals surface area (Å²) in [5, 5.41) is 7.08. The van der Waals surface area contributed by atoms with Crippen LogP contribution in [0.1, 0.15) is 44.9 Å². The zero-order chi connectivity index (χ0) is 13.5. The first kappa shape index (κ1) is 13.3. The van der Waals surface area contributed by atoms with Crippen molar-refractivity contribution in [3.8, 4) is 0 Å². The van der Waals surface area contributed by atoms with Crippen molar-refractivity contribution in [1.82, 2.24) is 19.7 Å². The molecule has 2 heterocycles. The number of rotatable bonds is 2. The molecule has 1 aliphatic rings. The fourth-order valence-corrected chi connectivity index (χ4v) is 2.55. The highest BCUT2D eigenvalue weighted by molar-refractivity contribution is 5.07. The van der Waals surface area contributed by atoms with Gasteiger partial charge in [0.05, 0.1) is 6.04 Å². The van der Waals surface area contributed by atoms with Gasteiger partial charge in [0.1, 0.15) is 0 Å². The Hall–Kier alpha value is -1.11. The molecule has 0 saturated carbocycles. The zero-order valence-electron chi connectivity index (χ0n) is 10.7. The van der Waals surface area contributed by atoms with Crippen molar-refractivity contribution in [2.24, 2.45) is 0 Å². The third-order valence-electron chi connectivity index (χ3n) is 3.36. The van der Waals surface area contributed by atoms with Gasteiger partial charge in [-0.05, 0) is 20.3 Å². The van der Waals surface area contributed by atoms with Crippen LogP contribution in [0.5, 0.6) is 0 Å². The summed E-state index contributed by atoms with van der Waals surface area (Å²) >= 11 is 0. The molecule has 4 nitrogen and oxygen atoms in total. The lowest BCUT2D eigenvalue weighted by atomic mass is 10.1. The van der Waals surface area contributed by atoms with E-state index in [1.807, 2.05) is 20.8 Å². The van der Waals surface area contributed by atoms with Gasteiger partial charge in [-0.2, -0.15) is 13.2 Å². The molecule has 0 aliphatic carbocycles. The minimum atomic E-state index is -4.43. The molecule has 18 heavy (non-hydrogen) atoms. The van der Waals surface area contributed by atoms with E-state index in [-0.39, 0.29) is 12.1 Å². The molecule has 0 aromatic carbocycles. The third-order valence-corrected chi connectivity index (χ3v) is 3.36. The van der Waals surface area contributed by atoms with Crippen molar-refractivity contribution in [3.63, 3.8) is 0 Å². The Bertz CT molecular complexity index is 424. The molecule has 0 radical (unpaired) electrons. The van der Waals surface area contributed by atoms with Crippen LogP contribution in [0.3, 0.4) is 0 Å². The van der Waals surface area contributed by atoms with Gasteiger partial charge in [-0.25, -0.2) is 0 Å². The Morgan fingerprint density at radius 1 is 1.28 bits per heavy atom. The van der Waals surface area contributed by atoms with E-state index in [4.69, 9.17) is 0 Å². The summed E-state index contributed by atoms with van der Waals surface area (Å²) in [5.41, 5.74) is 0. The van der Waals surface area contributed by atoms with E-state index in [1.54, 1.807) is 0 Å². The number of nitrogens with zero attached hydrogens (tertiary/aromatic N) is 4. The number of aromatic nitrogens is 3. The molecule has 0 N–H and O–H groups in total. The van der Waals surface area contributed by atoms with E-state index in [0.29, 0.717) is 18.9 Å². The van der Waals surface area contributed by atoms with Gasteiger partial charge in [-0.15, -0.1) is 10.2 Å². The molecule has 1 aromatic rings. The van der Waals surface area contributed by atoms with Crippen molar-refractivity contribution < 1.29 is 13.2 Å². The minimum Gasteiger partial charge on any atom is -0.305 e. The summed E-state index contributed by atoms with van der Waals surface area (Å²) < 4.78 is 39.5. The summed E-state index contributed by atoms with van der Waals surface area (Å²) in [5.74, 6) is -0.441. The molecule has 0 unspecified atom stereocenters. The quantitative estimate of drug-likeness (QED) is 0.821. The molecule has 0 bridgehead atoms. The van der Waals surface area contributed by atoms with Crippen LogP contribution in [0.2, 0.25) is 0 Å². The largest absolute Gasteiger partial charge is 0.451 e. The van der Waals surface area contributed by atoms with Crippen LogP contribution in [-0.4, -0.2) is 32.3 Å². The fourth-order valence-electron chi connectivity index (χ4n) is 2.55. The van der Waals surface area contributed by atoms with Crippen molar-refractivity contribution in [2.75, 3.05) is 6.54 Å². The van der Waals surface area contributed by atoms with Crippen LogP contribution >= 0.6 is 0 Å². The van der Waals surface area contributed by atoms with Crippen LogP contribution < -0.4 is 0 Å². The Labute approximate surface area is 104 Å². The molecule has 1 aromatic heterocycles. The Balaban J connectivity index is 2.41. The molecule has 0 spiro atoms. The van der Waals surface area contributed by atoms with E-state index in [1.165, 1.54) is 4.57 Å². The number of hydrogen-bond donors (Lipinski definition) is 0. The second-order valence-corrected chi connectivity index (χ2v) is 4.79. The highest BCUT2D eigenvalue weighted by atomic mass is 19.4. The highest BCUT2D eigenvalue weighted by Crippen LogP contribution is 2.34. The number of halogens is 3. The Kier molecular flexibility index (Phi) is 3.35. The predicted octanol–water partition coefficient (Wildman–Crippen LogP) is 2.47. The predicted molar refractivity (Wildman–Crippen MR) is 59.9 cm³/mol. The van der Waals surface area contributed by atoms with Crippen LogP contribution in [0.4, 0.5) is 13.2 Å². The molecule has 0 saturated heterocycles. The molecule has 102 valence electrons. The minimum absolute atomic E-state index is 0.0812. The average Bonchev–Trinajstić information content (AvgIpc) is 2.70. The van der Waals surface area contributed by atoms with Gasteiger partial charge < -0.3 is 4.57 Å². The van der Waals surface area contributed by atoms with Crippen LogP contribution in [0, 0.1) is 0 Å². The van der Waals surface area contributed by atoms with E-state index in [2.05, 4.69) is 15.1 Å². The number of alkyl halides is 3. The summed E-state index contributed by atoms with van der Waals surface area (Å²) in [6, 6.07) is 0.206. The van der Waals surface area contributed by atoms with E-state index in [0.717, 1.165) is 6.42 Å². The van der Waals surface area contributed by atoms with E-state index >= 15 is 0 Å². The SMILES string of the molecule is CC[C@H]1c2nnc(C(F)(F)F)n2CCN1C(C)C. The lowest BCUT2D eigenvalue weighted by Gasteiger charge is -2.38. The second kappa shape index (κ2) is 4.53. The topological polar surface area (TPSA) is 34.0 Å². The van der Waals surface area contributed by atoms with E-state index < -0.39 is 12.0 Å². The molecule has 1 aliphatic heterocycles. The van der Waals surface area contributed by atoms with Crippen molar-refractivity contribution in [1.29, 1.82) is 0 Å². The number of fused-ring (bicyclic) bond motifs is 1. The highest BCUT2D eigenvalue weighted by Gasteiger charge is 2.41. The maximum atomic E-state index is 12.8. The number of hydrogen-bond acceptors (Lipinski definition) is 3. The first-order valence-electron chi connectivity index (χ1n) is 6.12. The van der Waals surface area contributed by atoms with Crippen molar-refractivity contribution in [3.05, 3.63) is 11.6 Å². The summed E-state index contributed by atoms with van der Waals surface area (Å²) in [6.45, 7) is 6.94. The first-order valence-corrected chi connectivity index (χ1v) is 6.12. The molecule has 1 atom stereocenters. The fraction of sp³-hybridized carbons (Fsp3) is 0.818. The summed E-state index contributed by atoms with van der Waals surface area (Å²) in [7, 11) is 0. The van der Waals surface area contributed by atoms with Crippen LogP contribution in [-0.2, 0) is 12.7 Å². The van der Waals surface area contributed by atoms with Crippen molar-refractivity contribution >= 4 is 0 Å². The van der Waals surface area contributed by atoms with Crippen LogP contribution in [0.25, 0.3) is 0 Å². The van der Waals surface area contributed by atoms with Crippen molar-refractivity contribution in [2.45, 2.75) is 52.0 Å². The monoisotopic (exact) mass is 262 g/mol. The van der Waals surface area contributed by atoms with Gasteiger partial charge in [-0.1, -0.05) is 6.92 Å². The maximum absolute atomic E-state index is 12.8. The van der Waals surface area contributed by atoms with Gasteiger partial charge in [0.15, 0.2) is 5.82 Å². The first-order chi connectivity index (χ1) is 8.36. The van der Waals surface area contributed by atoms with Gasteiger partial charge in [0.2, 0.25) is 5.82 Å². The Morgan fingerprint density at radius 3 is 2.44 bits per heavy atom. The maximum Gasteiger partial charge on any atom is 0.451 e. The standard InChI is InChI=1S/C11H17F3N4/c1-4-8-9-15-16-10(11(12,13)14)18(9)6-5-17(8)7(2)3/h7-8H,4-6H2,1-3H3/t8-/m0/s1. The molecule has 7 heteroatoms. The molecular weight excluding hydrogens is 245 g/mol. The van der Waals surface area contributed by atoms with Gasteiger partial charge in [-0.3, -0.25) is 4.90 Å². The molecular formula is C11H17F3N4. The van der Waals surface area contributed by atoms with Gasteiger partial charge in [0.25, 0.3) is 0 Å². The summed E-state index contributed by atoms with van der Waals surface area (Å²) in [6.07, 6.45) is -3.70.